The monoisotopic (exact) mass is 482 g/mol. The summed E-state index contributed by atoms with van der Waals surface area (Å²) in [6, 6.07) is 18.1. The summed E-state index contributed by atoms with van der Waals surface area (Å²) in [7, 11) is 0. The zero-order valence-corrected chi connectivity index (χ0v) is 19.3. The zero-order chi connectivity index (χ0) is 24.2. The van der Waals surface area contributed by atoms with Gasteiger partial charge in [-0.15, -0.1) is 0 Å². The van der Waals surface area contributed by atoms with Gasteiger partial charge in [-0.3, -0.25) is 9.78 Å². The Labute approximate surface area is 206 Å². The minimum atomic E-state index is -0.395. The van der Waals surface area contributed by atoms with Crippen LogP contribution in [0, 0.1) is 6.92 Å². The molecule has 0 bridgehead atoms. The highest BCUT2D eigenvalue weighted by Crippen LogP contribution is 2.27. The van der Waals surface area contributed by atoms with Crippen LogP contribution in [0.3, 0.4) is 0 Å². The molecule has 2 aromatic carbocycles. The Kier molecular flexibility index (Phi) is 6.19. The predicted octanol–water partition coefficient (Wildman–Crippen LogP) is 6.15. The molecule has 0 aliphatic rings. The van der Waals surface area contributed by atoms with E-state index in [2.05, 4.69) is 30.6 Å². The van der Waals surface area contributed by atoms with E-state index < -0.39 is 5.91 Å². The van der Waals surface area contributed by atoms with Crippen molar-refractivity contribution in [2.24, 2.45) is 0 Å². The van der Waals surface area contributed by atoms with Crippen molar-refractivity contribution < 1.29 is 9.21 Å². The molecule has 9 heteroatoms. The summed E-state index contributed by atoms with van der Waals surface area (Å²) in [6.45, 7) is 1.95. The zero-order valence-electron chi connectivity index (χ0n) is 18.6. The van der Waals surface area contributed by atoms with Gasteiger partial charge in [0.25, 0.3) is 5.91 Å². The summed E-state index contributed by atoms with van der Waals surface area (Å²) in [5, 5.41) is 6.70. The third-order valence-corrected chi connectivity index (χ3v) is 5.50. The quantitative estimate of drug-likeness (QED) is 0.299. The number of oxazole rings is 1. The Morgan fingerprint density at radius 3 is 2.63 bits per heavy atom. The molecule has 5 rings (SSSR count). The van der Waals surface area contributed by atoms with Crippen LogP contribution in [0.4, 0.5) is 17.3 Å². The molecule has 8 nitrogen and oxygen atoms in total. The molecule has 0 radical (unpaired) electrons. The van der Waals surface area contributed by atoms with E-state index in [0.29, 0.717) is 28.0 Å². The Morgan fingerprint density at radius 1 is 0.971 bits per heavy atom. The molecule has 172 valence electrons. The Balaban J connectivity index is 1.36. The fraction of sp³-hybridized carbons (Fsp3) is 0.0385. The normalized spacial score (nSPS) is 10.7. The number of carbonyl (C=O) groups excluding carboxylic acids is 1. The summed E-state index contributed by atoms with van der Waals surface area (Å²) in [5.41, 5.74) is 4.81. The number of benzene rings is 2. The van der Waals surface area contributed by atoms with E-state index in [-0.39, 0.29) is 5.69 Å². The lowest BCUT2D eigenvalue weighted by Crippen LogP contribution is -2.13. The third-order valence-electron chi connectivity index (χ3n) is 5.24. The van der Waals surface area contributed by atoms with Crippen LogP contribution in [0.25, 0.3) is 22.6 Å². The van der Waals surface area contributed by atoms with E-state index in [4.69, 9.17) is 16.0 Å². The maximum Gasteiger partial charge on any atom is 0.278 e. The average Bonchev–Trinajstić information content (AvgIpc) is 3.37. The van der Waals surface area contributed by atoms with E-state index >= 15 is 0 Å². The third kappa shape index (κ3) is 5.02. The summed E-state index contributed by atoms with van der Waals surface area (Å²) in [6.07, 6.45) is 6.38. The van der Waals surface area contributed by atoms with Crippen LogP contribution in [0.1, 0.15) is 16.1 Å². The van der Waals surface area contributed by atoms with Gasteiger partial charge in [0.05, 0.1) is 5.69 Å². The van der Waals surface area contributed by atoms with Crippen molar-refractivity contribution in [2.45, 2.75) is 6.92 Å². The van der Waals surface area contributed by atoms with Crippen molar-refractivity contribution in [3.63, 3.8) is 0 Å². The first-order chi connectivity index (χ1) is 17.1. The lowest BCUT2D eigenvalue weighted by Gasteiger charge is -2.12. The van der Waals surface area contributed by atoms with E-state index in [9.17, 15) is 4.79 Å². The van der Waals surface area contributed by atoms with Crippen LogP contribution in [0.2, 0.25) is 5.02 Å². The number of rotatable bonds is 6. The van der Waals surface area contributed by atoms with Crippen molar-refractivity contribution in [3.8, 4) is 22.6 Å². The maximum absolute atomic E-state index is 13.0. The lowest BCUT2D eigenvalue weighted by molar-refractivity contribution is 0.102. The van der Waals surface area contributed by atoms with E-state index in [1.165, 1.54) is 6.39 Å². The number of anilines is 3. The van der Waals surface area contributed by atoms with Crippen LogP contribution in [-0.2, 0) is 0 Å². The molecule has 0 saturated carbocycles. The summed E-state index contributed by atoms with van der Waals surface area (Å²) in [5.74, 6) is 0.401. The number of hydrogen-bond donors (Lipinski definition) is 2. The molecule has 0 spiro atoms. The number of hydrogen-bond acceptors (Lipinski definition) is 7. The Hall–Kier alpha value is -4.56. The minimum absolute atomic E-state index is 0.176. The number of carbonyl (C=O) groups is 1. The van der Waals surface area contributed by atoms with Gasteiger partial charge in [-0.1, -0.05) is 17.7 Å². The highest BCUT2D eigenvalue weighted by Gasteiger charge is 2.19. The van der Waals surface area contributed by atoms with Crippen molar-refractivity contribution in [1.82, 2.24) is 19.9 Å². The molecule has 0 unspecified atom stereocenters. The van der Waals surface area contributed by atoms with Gasteiger partial charge in [-0.05, 0) is 67.1 Å². The molecule has 3 heterocycles. The highest BCUT2D eigenvalue weighted by atomic mass is 35.5. The number of halogens is 1. The predicted molar refractivity (Wildman–Crippen MR) is 135 cm³/mol. The molecular formula is C26H19ClN6O2. The molecule has 0 fully saturated rings. The van der Waals surface area contributed by atoms with Crippen LogP contribution in [0.5, 0.6) is 0 Å². The Morgan fingerprint density at radius 2 is 1.83 bits per heavy atom. The van der Waals surface area contributed by atoms with E-state index in [1.807, 2.05) is 43.3 Å². The molecule has 0 saturated heterocycles. The molecule has 2 N–H and O–H groups in total. The summed E-state index contributed by atoms with van der Waals surface area (Å²) < 4.78 is 5.47. The van der Waals surface area contributed by atoms with Gasteiger partial charge in [0.2, 0.25) is 5.95 Å². The lowest BCUT2D eigenvalue weighted by atomic mass is 10.1. The Bertz CT molecular complexity index is 1490. The van der Waals surface area contributed by atoms with Crippen molar-refractivity contribution in [3.05, 3.63) is 102 Å². The number of nitrogens with zero attached hydrogens (tertiary/aromatic N) is 4. The van der Waals surface area contributed by atoms with Crippen LogP contribution >= 0.6 is 11.6 Å². The fourth-order valence-corrected chi connectivity index (χ4v) is 3.58. The first-order valence-corrected chi connectivity index (χ1v) is 11.1. The summed E-state index contributed by atoms with van der Waals surface area (Å²) >= 11 is 5.96. The van der Waals surface area contributed by atoms with Gasteiger partial charge in [0.15, 0.2) is 17.8 Å². The largest absolute Gasteiger partial charge is 0.443 e. The van der Waals surface area contributed by atoms with Gasteiger partial charge in [0, 0.05) is 46.1 Å². The second kappa shape index (κ2) is 9.74. The molecule has 3 aromatic heterocycles. The number of amides is 1. The average molecular weight is 483 g/mol. The van der Waals surface area contributed by atoms with Gasteiger partial charge in [0.1, 0.15) is 0 Å². The smallest absolute Gasteiger partial charge is 0.278 e. The van der Waals surface area contributed by atoms with Crippen LogP contribution in [0.15, 0.2) is 90.1 Å². The molecule has 5 aromatic rings. The second-order valence-corrected chi connectivity index (χ2v) is 8.09. The van der Waals surface area contributed by atoms with Gasteiger partial charge < -0.3 is 15.1 Å². The first kappa shape index (κ1) is 22.2. The molecule has 35 heavy (non-hydrogen) atoms. The van der Waals surface area contributed by atoms with Crippen molar-refractivity contribution in [1.29, 1.82) is 0 Å². The van der Waals surface area contributed by atoms with Crippen molar-refractivity contribution >= 4 is 34.8 Å². The number of aryl methyl sites for hydroxylation is 1. The highest BCUT2D eigenvalue weighted by molar-refractivity contribution is 6.30. The number of pyridine rings is 1. The van der Waals surface area contributed by atoms with E-state index in [0.717, 1.165) is 22.5 Å². The van der Waals surface area contributed by atoms with E-state index in [1.54, 1.807) is 42.9 Å². The fourth-order valence-electron chi connectivity index (χ4n) is 3.45. The van der Waals surface area contributed by atoms with Crippen molar-refractivity contribution in [2.75, 3.05) is 10.6 Å². The SMILES string of the molecule is Cc1ccc(NC(=O)c2ncoc2-c2ccc(Cl)cc2)cc1Nc1nccc(-c2cccnc2)n1. The molecule has 0 aliphatic heterocycles. The minimum Gasteiger partial charge on any atom is -0.443 e. The first-order valence-electron chi connectivity index (χ1n) is 10.7. The molecule has 0 atom stereocenters. The van der Waals surface area contributed by atoms with Gasteiger partial charge in [-0.2, -0.15) is 0 Å². The standard InChI is InChI=1S/C26H19ClN6O2/c1-16-4-9-20(31-25(34)23-24(35-15-30-23)17-5-7-19(27)8-6-17)13-22(16)33-26-29-12-10-21(32-26)18-3-2-11-28-14-18/h2-15H,1H3,(H,31,34)(H,29,32,33). The molecular weight excluding hydrogens is 464 g/mol. The van der Waals surface area contributed by atoms with Crippen LogP contribution in [-0.4, -0.2) is 25.8 Å². The summed E-state index contributed by atoms with van der Waals surface area (Å²) in [4.78, 5) is 30.1. The maximum atomic E-state index is 13.0. The van der Waals surface area contributed by atoms with Gasteiger partial charge in [-0.25, -0.2) is 15.0 Å². The molecule has 1 amide bonds. The molecule has 0 aliphatic carbocycles. The topological polar surface area (TPSA) is 106 Å². The number of aromatic nitrogens is 4. The number of nitrogens with one attached hydrogen (secondary N) is 2. The second-order valence-electron chi connectivity index (χ2n) is 7.65. The van der Waals surface area contributed by atoms with Gasteiger partial charge >= 0.3 is 0 Å². The van der Waals surface area contributed by atoms with Crippen LogP contribution < -0.4 is 10.6 Å².